The maximum Gasteiger partial charge on any atom is 0.276 e. The van der Waals surface area contributed by atoms with Crippen LogP contribution in [0.2, 0.25) is 0 Å². The summed E-state index contributed by atoms with van der Waals surface area (Å²) in [6.45, 7) is 13.6. The number of nitrogens with zero attached hydrogens (tertiary/aromatic N) is 4. The van der Waals surface area contributed by atoms with Crippen LogP contribution in [-0.4, -0.2) is 38.2 Å². The second-order valence-corrected chi connectivity index (χ2v) is 11.5. The van der Waals surface area contributed by atoms with Gasteiger partial charge in [-0.15, -0.1) is 0 Å². The highest BCUT2D eigenvalue weighted by atomic mass is 16.3. The molecule has 1 unspecified atom stereocenters. The van der Waals surface area contributed by atoms with Gasteiger partial charge in [0.25, 0.3) is 6.17 Å². The number of phenolic OH excluding ortho intramolecular Hbond substituents is 1. The van der Waals surface area contributed by atoms with E-state index in [1.54, 1.807) is 6.07 Å². The van der Waals surface area contributed by atoms with Crippen molar-refractivity contribution >= 4 is 11.9 Å². The number of para-hydroxylation sites is 1. The number of aliphatic imine (C=N–C) groups is 1. The quantitative estimate of drug-likeness (QED) is 0.253. The molecule has 0 radical (unpaired) electrons. The molecule has 1 N–H and O–H groups in total. The third-order valence-electron chi connectivity index (χ3n) is 7.59. The highest BCUT2D eigenvalue weighted by Gasteiger charge is 2.29. The molecule has 0 spiro atoms. The Morgan fingerprint density at radius 3 is 2.13 bits per heavy atom. The molecular formula is C34H39N4O+. The van der Waals surface area contributed by atoms with E-state index in [0.717, 1.165) is 28.2 Å². The van der Waals surface area contributed by atoms with Crippen molar-refractivity contribution in [3.8, 4) is 22.8 Å². The normalized spacial score (nSPS) is 15.4. The van der Waals surface area contributed by atoms with Crippen molar-refractivity contribution < 1.29 is 9.68 Å². The number of aromatic hydroxyl groups is 1. The summed E-state index contributed by atoms with van der Waals surface area (Å²) >= 11 is 0. The molecule has 2 heterocycles. The minimum Gasteiger partial charge on any atom is -0.507 e. The van der Waals surface area contributed by atoms with Crippen molar-refractivity contribution in [3.05, 3.63) is 101 Å². The van der Waals surface area contributed by atoms with E-state index in [1.165, 1.54) is 22.4 Å². The Morgan fingerprint density at radius 1 is 0.821 bits per heavy atom. The van der Waals surface area contributed by atoms with E-state index in [-0.39, 0.29) is 11.9 Å². The number of aromatic nitrogens is 2. The highest BCUT2D eigenvalue weighted by Crippen LogP contribution is 2.37. The van der Waals surface area contributed by atoms with Gasteiger partial charge in [0.2, 0.25) is 0 Å². The Morgan fingerprint density at radius 2 is 1.49 bits per heavy atom. The van der Waals surface area contributed by atoms with Crippen molar-refractivity contribution in [3.63, 3.8) is 0 Å². The summed E-state index contributed by atoms with van der Waals surface area (Å²) in [7, 11) is 1.99. The summed E-state index contributed by atoms with van der Waals surface area (Å²) in [5, 5.41) is 10.4. The van der Waals surface area contributed by atoms with Gasteiger partial charge in [0.1, 0.15) is 24.3 Å². The molecule has 5 rings (SSSR count). The van der Waals surface area contributed by atoms with Crippen LogP contribution in [0, 0.1) is 0 Å². The lowest BCUT2D eigenvalue weighted by Gasteiger charge is -2.24. The monoisotopic (exact) mass is 519 g/mol. The molecule has 4 aromatic rings. The van der Waals surface area contributed by atoms with Gasteiger partial charge in [0.05, 0.1) is 11.3 Å². The van der Waals surface area contributed by atoms with Gasteiger partial charge in [0, 0.05) is 23.5 Å². The van der Waals surface area contributed by atoms with Gasteiger partial charge in [-0.3, -0.25) is 4.57 Å². The number of hydrogen-bond donors (Lipinski definition) is 1. The molecule has 0 amide bonds. The Hall–Kier alpha value is -3.99. The van der Waals surface area contributed by atoms with Crippen molar-refractivity contribution in [1.82, 2.24) is 9.55 Å². The molecule has 1 aliphatic rings. The second kappa shape index (κ2) is 10.6. The molecule has 200 valence electrons. The van der Waals surface area contributed by atoms with Crippen LogP contribution in [0.15, 0.2) is 78.0 Å². The van der Waals surface area contributed by atoms with Gasteiger partial charge in [-0.1, -0.05) is 84.0 Å². The third kappa shape index (κ3) is 5.06. The fourth-order valence-electron chi connectivity index (χ4n) is 5.37. The summed E-state index contributed by atoms with van der Waals surface area (Å²) in [5.41, 5.74) is 9.07. The van der Waals surface area contributed by atoms with Gasteiger partial charge in [-0.2, -0.15) is 0 Å². The van der Waals surface area contributed by atoms with E-state index >= 15 is 0 Å². The summed E-state index contributed by atoms with van der Waals surface area (Å²) in [5.74, 6) is 2.40. The lowest BCUT2D eigenvalue weighted by atomic mass is 9.87. The van der Waals surface area contributed by atoms with Crippen molar-refractivity contribution in [1.29, 1.82) is 0 Å². The van der Waals surface area contributed by atoms with E-state index in [2.05, 4.69) is 88.7 Å². The first-order valence-electron chi connectivity index (χ1n) is 13.9. The van der Waals surface area contributed by atoms with Gasteiger partial charge in [-0.05, 0) is 52.6 Å². The fraction of sp³-hybridized carbons (Fsp3) is 0.324. The maximum atomic E-state index is 10.4. The molecule has 39 heavy (non-hydrogen) atoms. The van der Waals surface area contributed by atoms with Crippen LogP contribution in [0.5, 0.6) is 5.75 Å². The molecule has 1 aromatic heterocycles. The number of rotatable bonds is 7. The molecule has 0 bridgehead atoms. The van der Waals surface area contributed by atoms with E-state index < -0.39 is 0 Å². The topological polar surface area (TPSA) is 53.4 Å². The molecule has 1 aliphatic heterocycles. The largest absolute Gasteiger partial charge is 0.507 e. The molecule has 0 saturated carbocycles. The third-order valence-corrected chi connectivity index (χ3v) is 7.59. The zero-order valence-electron chi connectivity index (χ0n) is 24.1. The number of phenols is 1. The first kappa shape index (κ1) is 26.6. The summed E-state index contributed by atoms with van der Waals surface area (Å²) in [4.78, 5) is 9.82. The van der Waals surface area contributed by atoms with E-state index in [1.807, 2.05) is 42.2 Å². The molecule has 5 nitrogen and oxygen atoms in total. The first-order valence-corrected chi connectivity index (χ1v) is 13.9. The van der Waals surface area contributed by atoms with Crippen LogP contribution in [0.1, 0.15) is 93.3 Å². The van der Waals surface area contributed by atoms with Crippen LogP contribution < -0.4 is 0 Å². The smallest absolute Gasteiger partial charge is 0.276 e. The second-order valence-electron chi connectivity index (χ2n) is 11.5. The predicted molar refractivity (Wildman–Crippen MR) is 161 cm³/mol. The van der Waals surface area contributed by atoms with Gasteiger partial charge in [-0.25, -0.2) is 14.6 Å². The maximum absolute atomic E-state index is 10.4. The minimum atomic E-state index is -0.256. The standard InChI is InChI=1S/C34H38N4O/c1-21(2)26-18-28(22(3)4)32(29(19-26)23(5)6)38-16-15-35-33(38)25-12-10-11-24(17-25)30-20-37(7)34(36-30)27-13-8-9-14-31(27)39/h8-23,34H,1-7H3/p+1. The first-order chi connectivity index (χ1) is 18.7. The average molecular weight is 520 g/mol. The minimum absolute atomic E-state index is 0.256. The highest BCUT2D eigenvalue weighted by molar-refractivity contribution is 6.37. The lowest BCUT2D eigenvalue weighted by Crippen LogP contribution is -2.10. The summed E-state index contributed by atoms with van der Waals surface area (Å²) in [6.07, 6.45) is 5.77. The van der Waals surface area contributed by atoms with Crippen LogP contribution >= 0.6 is 0 Å². The van der Waals surface area contributed by atoms with Crippen molar-refractivity contribution in [2.75, 3.05) is 7.05 Å². The summed E-state index contributed by atoms with van der Waals surface area (Å²) in [6, 6.07) is 20.6. The Labute approximate surface area is 232 Å². The molecular weight excluding hydrogens is 480 g/mol. The Kier molecular flexibility index (Phi) is 7.26. The van der Waals surface area contributed by atoms with E-state index in [4.69, 9.17) is 9.98 Å². The van der Waals surface area contributed by atoms with Crippen molar-refractivity contribution in [2.45, 2.75) is 65.5 Å². The van der Waals surface area contributed by atoms with Gasteiger partial charge in [0.15, 0.2) is 6.21 Å². The Bertz CT molecular complexity index is 1540. The zero-order valence-corrected chi connectivity index (χ0v) is 24.1. The number of benzene rings is 3. The van der Waals surface area contributed by atoms with Gasteiger partial charge < -0.3 is 5.11 Å². The SMILES string of the molecule is CC(C)c1cc(C(C)C)c(-n2ccnc2-c2cccc(C3=NC(c4ccccc4O)[N+](C)=C3)c2)c(C(C)C)c1. The van der Waals surface area contributed by atoms with E-state index in [9.17, 15) is 5.11 Å². The van der Waals surface area contributed by atoms with Crippen LogP contribution in [0.25, 0.3) is 17.1 Å². The van der Waals surface area contributed by atoms with Crippen LogP contribution in [0.3, 0.4) is 0 Å². The average Bonchev–Trinajstić information content (AvgIpc) is 3.55. The van der Waals surface area contributed by atoms with Crippen LogP contribution in [-0.2, 0) is 0 Å². The van der Waals surface area contributed by atoms with Gasteiger partial charge >= 0.3 is 0 Å². The molecule has 3 aromatic carbocycles. The zero-order chi connectivity index (χ0) is 27.8. The fourth-order valence-corrected chi connectivity index (χ4v) is 5.37. The van der Waals surface area contributed by atoms with Crippen molar-refractivity contribution in [2.24, 2.45) is 4.99 Å². The molecule has 0 fully saturated rings. The van der Waals surface area contributed by atoms with E-state index in [0.29, 0.717) is 17.8 Å². The number of hydrogen-bond acceptors (Lipinski definition) is 3. The lowest BCUT2D eigenvalue weighted by molar-refractivity contribution is -0.533. The molecule has 0 saturated heterocycles. The molecule has 5 heteroatoms. The predicted octanol–water partition coefficient (Wildman–Crippen LogP) is 7.83. The number of imidazole rings is 1. The summed E-state index contributed by atoms with van der Waals surface area (Å²) < 4.78 is 4.31. The molecule has 1 atom stereocenters. The molecule has 0 aliphatic carbocycles. The van der Waals surface area contributed by atoms with Crippen LogP contribution in [0.4, 0.5) is 0 Å². The Balaban J connectivity index is 1.60.